The molecule has 0 amide bonds. The topological polar surface area (TPSA) is 38.2 Å². The normalized spacial score (nSPS) is 18.2. The molecule has 1 aromatic carbocycles. The molecule has 0 bridgehead atoms. The summed E-state index contributed by atoms with van der Waals surface area (Å²) in [6, 6.07) is 10.4. The number of aromatic nitrogens is 2. The fourth-order valence-corrected chi connectivity index (χ4v) is 2.77. The molecule has 1 aromatic heterocycles. The Morgan fingerprint density at radius 2 is 2.10 bits per heavy atom. The van der Waals surface area contributed by atoms with Gasteiger partial charge >= 0.3 is 0 Å². The number of nitrogens with zero attached hydrogens (tertiary/aromatic N) is 3. The Morgan fingerprint density at radius 3 is 2.80 bits per heavy atom. The SMILES string of the molecule is COc1ccc(CC2CCN(c3ccncn3)C2)cc1. The van der Waals surface area contributed by atoms with Gasteiger partial charge in [0.05, 0.1) is 7.11 Å². The highest BCUT2D eigenvalue weighted by molar-refractivity contribution is 5.38. The van der Waals surface area contributed by atoms with Gasteiger partial charge in [0.25, 0.3) is 0 Å². The lowest BCUT2D eigenvalue weighted by molar-refractivity contribution is 0.414. The van der Waals surface area contributed by atoms with Crippen LogP contribution in [0.3, 0.4) is 0 Å². The Kier molecular flexibility index (Phi) is 3.81. The highest BCUT2D eigenvalue weighted by Crippen LogP contribution is 2.25. The van der Waals surface area contributed by atoms with Gasteiger partial charge in [-0.05, 0) is 42.5 Å². The van der Waals surface area contributed by atoms with E-state index >= 15 is 0 Å². The Hall–Kier alpha value is -2.10. The highest BCUT2D eigenvalue weighted by Gasteiger charge is 2.23. The third-order valence-electron chi connectivity index (χ3n) is 3.86. The average Bonchev–Trinajstić information content (AvgIpc) is 2.97. The molecular weight excluding hydrogens is 250 g/mol. The first-order valence-corrected chi connectivity index (χ1v) is 6.99. The first kappa shape index (κ1) is 12.9. The third kappa shape index (κ3) is 2.90. The first-order chi connectivity index (χ1) is 9.85. The maximum atomic E-state index is 5.19. The number of ether oxygens (including phenoxy) is 1. The van der Waals surface area contributed by atoms with E-state index in [1.54, 1.807) is 19.6 Å². The summed E-state index contributed by atoms with van der Waals surface area (Å²) in [5, 5.41) is 0. The molecule has 0 saturated carbocycles. The van der Waals surface area contributed by atoms with Gasteiger partial charge < -0.3 is 9.64 Å². The molecule has 1 saturated heterocycles. The van der Waals surface area contributed by atoms with Gasteiger partial charge in [0, 0.05) is 19.3 Å². The zero-order valence-electron chi connectivity index (χ0n) is 11.7. The molecule has 2 aromatic rings. The Bertz CT molecular complexity index is 541. The minimum absolute atomic E-state index is 0.693. The molecule has 0 radical (unpaired) electrons. The Morgan fingerprint density at radius 1 is 1.25 bits per heavy atom. The number of hydrogen-bond acceptors (Lipinski definition) is 4. The number of benzene rings is 1. The van der Waals surface area contributed by atoms with Crippen LogP contribution in [0.15, 0.2) is 42.9 Å². The lowest BCUT2D eigenvalue weighted by Gasteiger charge is -2.17. The molecule has 0 N–H and O–H groups in total. The van der Waals surface area contributed by atoms with E-state index in [4.69, 9.17) is 4.74 Å². The van der Waals surface area contributed by atoms with Gasteiger partial charge in [-0.1, -0.05) is 12.1 Å². The molecule has 104 valence electrons. The van der Waals surface area contributed by atoms with Gasteiger partial charge in [-0.2, -0.15) is 0 Å². The van der Waals surface area contributed by atoms with Crippen LogP contribution in [-0.4, -0.2) is 30.2 Å². The number of hydrogen-bond donors (Lipinski definition) is 0. The van der Waals surface area contributed by atoms with Crippen LogP contribution in [0.2, 0.25) is 0 Å². The van der Waals surface area contributed by atoms with E-state index in [2.05, 4.69) is 27.0 Å². The monoisotopic (exact) mass is 269 g/mol. The molecule has 3 rings (SSSR count). The van der Waals surface area contributed by atoms with Crippen LogP contribution in [-0.2, 0) is 6.42 Å². The van der Waals surface area contributed by atoms with E-state index in [1.807, 2.05) is 18.2 Å². The molecule has 0 aliphatic carbocycles. The fourth-order valence-electron chi connectivity index (χ4n) is 2.77. The van der Waals surface area contributed by atoms with E-state index < -0.39 is 0 Å². The van der Waals surface area contributed by atoms with Crippen LogP contribution in [0.1, 0.15) is 12.0 Å². The summed E-state index contributed by atoms with van der Waals surface area (Å²) < 4.78 is 5.19. The van der Waals surface area contributed by atoms with Crippen molar-refractivity contribution in [3.8, 4) is 5.75 Å². The van der Waals surface area contributed by atoms with Crippen molar-refractivity contribution in [1.29, 1.82) is 0 Å². The predicted octanol–water partition coefficient (Wildman–Crippen LogP) is 2.55. The van der Waals surface area contributed by atoms with E-state index in [1.165, 1.54) is 12.0 Å². The molecule has 1 aliphatic heterocycles. The second-order valence-corrected chi connectivity index (χ2v) is 5.22. The average molecular weight is 269 g/mol. The summed E-state index contributed by atoms with van der Waals surface area (Å²) in [5.41, 5.74) is 1.38. The molecule has 1 atom stereocenters. The zero-order chi connectivity index (χ0) is 13.8. The van der Waals surface area contributed by atoms with Gasteiger partial charge in [-0.3, -0.25) is 0 Å². The van der Waals surface area contributed by atoms with Crippen molar-refractivity contribution < 1.29 is 4.74 Å². The van der Waals surface area contributed by atoms with E-state index in [0.717, 1.165) is 31.1 Å². The van der Waals surface area contributed by atoms with Crippen molar-refractivity contribution in [3.63, 3.8) is 0 Å². The standard InChI is InChI=1S/C16H19N3O/c1-20-15-4-2-13(3-5-15)10-14-7-9-19(11-14)16-6-8-17-12-18-16/h2-6,8,12,14H,7,9-11H2,1H3. The molecular formula is C16H19N3O. The first-order valence-electron chi connectivity index (χ1n) is 6.99. The van der Waals surface area contributed by atoms with Crippen molar-refractivity contribution >= 4 is 5.82 Å². The molecule has 1 fully saturated rings. The number of rotatable bonds is 4. The lowest BCUT2D eigenvalue weighted by atomic mass is 9.99. The van der Waals surface area contributed by atoms with Gasteiger partial charge in [-0.25, -0.2) is 9.97 Å². The maximum absolute atomic E-state index is 5.19. The van der Waals surface area contributed by atoms with Crippen LogP contribution in [0.25, 0.3) is 0 Å². The molecule has 4 nitrogen and oxygen atoms in total. The van der Waals surface area contributed by atoms with E-state index in [-0.39, 0.29) is 0 Å². The minimum atomic E-state index is 0.693. The fraction of sp³-hybridized carbons (Fsp3) is 0.375. The molecule has 4 heteroatoms. The van der Waals surface area contributed by atoms with E-state index in [9.17, 15) is 0 Å². The second kappa shape index (κ2) is 5.90. The van der Waals surface area contributed by atoms with Gasteiger partial charge in [0.1, 0.15) is 17.9 Å². The number of anilines is 1. The van der Waals surface area contributed by atoms with Crippen molar-refractivity contribution in [2.75, 3.05) is 25.1 Å². The lowest BCUT2D eigenvalue weighted by Crippen LogP contribution is -2.21. The van der Waals surface area contributed by atoms with Gasteiger partial charge in [-0.15, -0.1) is 0 Å². The predicted molar refractivity (Wildman–Crippen MR) is 79.1 cm³/mol. The molecule has 1 aliphatic rings. The van der Waals surface area contributed by atoms with Crippen molar-refractivity contribution in [3.05, 3.63) is 48.4 Å². The third-order valence-corrected chi connectivity index (χ3v) is 3.86. The molecule has 20 heavy (non-hydrogen) atoms. The molecule has 0 spiro atoms. The summed E-state index contributed by atoms with van der Waals surface area (Å²) in [7, 11) is 1.70. The smallest absolute Gasteiger partial charge is 0.131 e. The van der Waals surface area contributed by atoms with Crippen LogP contribution in [0.5, 0.6) is 5.75 Å². The van der Waals surface area contributed by atoms with Crippen molar-refractivity contribution in [2.24, 2.45) is 5.92 Å². The van der Waals surface area contributed by atoms with Gasteiger partial charge in [0.2, 0.25) is 0 Å². The quantitative estimate of drug-likeness (QED) is 0.855. The second-order valence-electron chi connectivity index (χ2n) is 5.22. The van der Waals surface area contributed by atoms with Crippen LogP contribution >= 0.6 is 0 Å². The summed E-state index contributed by atoms with van der Waals surface area (Å²) in [6.07, 6.45) is 5.76. The summed E-state index contributed by atoms with van der Waals surface area (Å²) in [4.78, 5) is 10.6. The van der Waals surface area contributed by atoms with Crippen LogP contribution < -0.4 is 9.64 Å². The van der Waals surface area contributed by atoms with Gasteiger partial charge in [0.15, 0.2) is 0 Å². The summed E-state index contributed by atoms with van der Waals surface area (Å²) in [6.45, 7) is 2.15. The molecule has 2 heterocycles. The van der Waals surface area contributed by atoms with Crippen molar-refractivity contribution in [1.82, 2.24) is 9.97 Å². The minimum Gasteiger partial charge on any atom is -0.497 e. The summed E-state index contributed by atoms with van der Waals surface area (Å²) in [5.74, 6) is 2.65. The van der Waals surface area contributed by atoms with Crippen LogP contribution in [0.4, 0.5) is 5.82 Å². The van der Waals surface area contributed by atoms with Crippen molar-refractivity contribution in [2.45, 2.75) is 12.8 Å². The maximum Gasteiger partial charge on any atom is 0.131 e. The Labute approximate surface area is 119 Å². The highest BCUT2D eigenvalue weighted by atomic mass is 16.5. The number of methoxy groups -OCH3 is 1. The summed E-state index contributed by atoms with van der Waals surface area (Å²) >= 11 is 0. The molecule has 1 unspecified atom stereocenters. The Balaban J connectivity index is 1.60. The van der Waals surface area contributed by atoms with Crippen LogP contribution in [0, 0.1) is 5.92 Å². The van der Waals surface area contributed by atoms with E-state index in [0.29, 0.717) is 5.92 Å². The zero-order valence-corrected chi connectivity index (χ0v) is 11.7. The largest absolute Gasteiger partial charge is 0.497 e.